The molecule has 0 aromatic carbocycles. The molecule has 3 fully saturated rings. The first-order valence-electron chi connectivity index (χ1n) is 4.90. The third kappa shape index (κ3) is 0.688. The highest BCUT2D eigenvalue weighted by molar-refractivity contribution is 5.80. The Morgan fingerprint density at radius 2 is 2.38 bits per heavy atom. The molecule has 5 unspecified atom stereocenters. The summed E-state index contributed by atoms with van der Waals surface area (Å²) in [7, 11) is 1.72. The van der Waals surface area contributed by atoms with Crippen molar-refractivity contribution in [1.29, 1.82) is 0 Å². The van der Waals surface area contributed by atoms with Crippen molar-refractivity contribution < 1.29 is 14.3 Å². The highest BCUT2D eigenvalue weighted by Gasteiger charge is 2.68. The zero-order valence-electron chi connectivity index (χ0n) is 7.95. The van der Waals surface area contributed by atoms with Gasteiger partial charge in [-0.25, -0.2) is 0 Å². The second kappa shape index (κ2) is 2.08. The lowest BCUT2D eigenvalue weighted by atomic mass is 9.75. The Balaban J connectivity index is 2.02. The van der Waals surface area contributed by atoms with E-state index >= 15 is 0 Å². The molecule has 72 valence electrons. The maximum absolute atomic E-state index is 11.6. The van der Waals surface area contributed by atoms with Crippen LogP contribution in [0.3, 0.4) is 0 Å². The number of methoxy groups -OCH3 is 1. The molecule has 5 atom stereocenters. The number of fused-ring (bicyclic) bond motifs is 1. The van der Waals surface area contributed by atoms with Gasteiger partial charge in [0.1, 0.15) is 6.10 Å². The molecule has 1 saturated heterocycles. The predicted octanol–water partition coefficient (Wildman–Crippen LogP) is 0.973. The summed E-state index contributed by atoms with van der Waals surface area (Å²) in [5.74, 6) is 0.982. The highest BCUT2D eigenvalue weighted by atomic mass is 16.6. The number of ether oxygens (including phenoxy) is 2. The van der Waals surface area contributed by atoms with Crippen LogP contribution < -0.4 is 0 Å². The van der Waals surface area contributed by atoms with Crippen molar-refractivity contribution >= 4 is 5.97 Å². The largest absolute Gasteiger partial charge is 0.459 e. The van der Waals surface area contributed by atoms with Crippen molar-refractivity contribution in [2.24, 2.45) is 17.3 Å². The van der Waals surface area contributed by atoms with E-state index in [1.54, 1.807) is 7.11 Å². The number of esters is 1. The van der Waals surface area contributed by atoms with Crippen molar-refractivity contribution in [1.82, 2.24) is 0 Å². The maximum atomic E-state index is 11.6. The van der Waals surface area contributed by atoms with Gasteiger partial charge in [0.15, 0.2) is 0 Å². The van der Waals surface area contributed by atoms with Gasteiger partial charge in [-0.1, -0.05) is 0 Å². The van der Waals surface area contributed by atoms with Crippen molar-refractivity contribution in [2.75, 3.05) is 7.11 Å². The van der Waals surface area contributed by atoms with Gasteiger partial charge in [-0.05, 0) is 25.7 Å². The normalized spacial score (nSPS) is 57.2. The van der Waals surface area contributed by atoms with Crippen molar-refractivity contribution in [3.63, 3.8) is 0 Å². The quantitative estimate of drug-likeness (QED) is 0.567. The molecule has 1 heterocycles. The second-order valence-electron chi connectivity index (χ2n) is 4.79. The van der Waals surface area contributed by atoms with Gasteiger partial charge in [-0.2, -0.15) is 0 Å². The van der Waals surface area contributed by atoms with E-state index in [9.17, 15) is 4.79 Å². The molecule has 0 spiro atoms. The average molecular weight is 182 g/mol. The molecule has 1 aliphatic heterocycles. The lowest BCUT2D eigenvalue weighted by Crippen LogP contribution is -2.37. The Bertz CT molecular complexity index is 275. The van der Waals surface area contributed by atoms with Gasteiger partial charge < -0.3 is 9.47 Å². The molecule has 0 aromatic heterocycles. The van der Waals surface area contributed by atoms with Crippen molar-refractivity contribution in [3.8, 4) is 0 Å². The van der Waals surface area contributed by atoms with E-state index in [4.69, 9.17) is 9.47 Å². The number of carbonyl (C=O) groups excluding carboxylic acids is 1. The van der Waals surface area contributed by atoms with Crippen LogP contribution in [0.2, 0.25) is 0 Å². The molecule has 0 N–H and O–H groups in total. The fourth-order valence-corrected chi connectivity index (χ4v) is 3.58. The monoisotopic (exact) mass is 182 g/mol. The molecule has 3 heteroatoms. The summed E-state index contributed by atoms with van der Waals surface area (Å²) in [6.45, 7) is 2.05. The highest BCUT2D eigenvalue weighted by Crippen LogP contribution is 2.61. The fourth-order valence-electron chi connectivity index (χ4n) is 3.58. The van der Waals surface area contributed by atoms with Gasteiger partial charge in [0.2, 0.25) is 0 Å². The summed E-state index contributed by atoms with van der Waals surface area (Å²) >= 11 is 0. The van der Waals surface area contributed by atoms with Crippen LogP contribution in [0.15, 0.2) is 0 Å². The van der Waals surface area contributed by atoms with E-state index < -0.39 is 0 Å². The summed E-state index contributed by atoms with van der Waals surface area (Å²) in [4.78, 5) is 11.6. The Morgan fingerprint density at radius 3 is 3.08 bits per heavy atom. The lowest BCUT2D eigenvalue weighted by molar-refractivity contribution is -0.149. The third-order valence-electron chi connectivity index (χ3n) is 4.23. The zero-order chi connectivity index (χ0) is 9.22. The molecule has 2 bridgehead atoms. The van der Waals surface area contributed by atoms with Crippen LogP contribution in [0.1, 0.15) is 19.8 Å². The Labute approximate surface area is 77.4 Å². The van der Waals surface area contributed by atoms with Crippen LogP contribution in [0, 0.1) is 17.3 Å². The van der Waals surface area contributed by atoms with Crippen LogP contribution in [0.25, 0.3) is 0 Å². The summed E-state index contributed by atoms with van der Waals surface area (Å²) in [5.41, 5.74) is -0.176. The summed E-state index contributed by atoms with van der Waals surface area (Å²) < 4.78 is 10.8. The van der Waals surface area contributed by atoms with Crippen LogP contribution in [-0.2, 0) is 14.3 Å². The third-order valence-corrected chi connectivity index (χ3v) is 4.23. The van der Waals surface area contributed by atoms with E-state index in [2.05, 4.69) is 0 Å². The van der Waals surface area contributed by atoms with Crippen LogP contribution in [-0.4, -0.2) is 25.3 Å². The number of rotatable bonds is 1. The molecule has 3 aliphatic rings. The first kappa shape index (κ1) is 7.80. The molecule has 3 rings (SSSR count). The van der Waals surface area contributed by atoms with Crippen molar-refractivity contribution in [2.45, 2.75) is 32.0 Å². The van der Waals surface area contributed by atoms with E-state index in [0.717, 1.165) is 12.8 Å². The maximum Gasteiger partial charge on any atom is 0.312 e. The summed E-state index contributed by atoms with van der Waals surface area (Å²) in [5, 5.41) is 0. The minimum atomic E-state index is -0.176. The van der Waals surface area contributed by atoms with Gasteiger partial charge >= 0.3 is 5.97 Å². The fraction of sp³-hybridized carbons (Fsp3) is 0.900. The smallest absolute Gasteiger partial charge is 0.312 e. The molecule has 2 saturated carbocycles. The summed E-state index contributed by atoms with van der Waals surface area (Å²) in [6, 6.07) is 0. The zero-order valence-corrected chi connectivity index (χ0v) is 7.95. The molecule has 0 aromatic rings. The van der Waals surface area contributed by atoms with Gasteiger partial charge in [0, 0.05) is 13.0 Å². The molecular weight excluding hydrogens is 168 g/mol. The number of hydrogen-bond acceptors (Lipinski definition) is 3. The first-order chi connectivity index (χ1) is 6.16. The van der Waals surface area contributed by atoms with Crippen LogP contribution in [0.4, 0.5) is 0 Å². The Morgan fingerprint density at radius 1 is 1.62 bits per heavy atom. The minimum absolute atomic E-state index is 0.00421. The van der Waals surface area contributed by atoms with E-state index in [1.807, 2.05) is 6.92 Å². The second-order valence-corrected chi connectivity index (χ2v) is 4.79. The number of hydrogen-bond donors (Lipinski definition) is 0. The molecule has 0 radical (unpaired) electrons. The average Bonchev–Trinajstić information content (AvgIpc) is 2.62. The van der Waals surface area contributed by atoms with E-state index in [-0.39, 0.29) is 23.6 Å². The predicted molar refractivity (Wildman–Crippen MR) is 45.0 cm³/mol. The summed E-state index contributed by atoms with van der Waals surface area (Å²) in [6.07, 6.45) is 2.31. The number of carbonyl (C=O) groups is 1. The van der Waals surface area contributed by atoms with Gasteiger partial charge in [0.05, 0.1) is 11.5 Å². The molecule has 2 aliphatic carbocycles. The Kier molecular flexibility index (Phi) is 1.25. The molecular formula is C10H14O3. The van der Waals surface area contributed by atoms with Crippen LogP contribution >= 0.6 is 0 Å². The minimum Gasteiger partial charge on any atom is -0.459 e. The van der Waals surface area contributed by atoms with E-state index in [0.29, 0.717) is 11.8 Å². The van der Waals surface area contributed by atoms with Crippen LogP contribution in [0.5, 0.6) is 0 Å². The first-order valence-corrected chi connectivity index (χ1v) is 4.90. The molecule has 0 amide bonds. The molecule has 3 nitrogen and oxygen atoms in total. The lowest BCUT2D eigenvalue weighted by Gasteiger charge is -2.28. The van der Waals surface area contributed by atoms with E-state index in [1.165, 1.54) is 0 Å². The topological polar surface area (TPSA) is 35.5 Å². The standard InChI is InChI=1S/C10H14O3/c1-10-4-5-3-6(10)8(7(5)12-2)13-9(10)11/h5-8H,3-4H2,1-2H3. The SMILES string of the molecule is COC1C2CC3C1OC(=O)C3(C)C2. The Hall–Kier alpha value is -0.570. The van der Waals surface area contributed by atoms with Gasteiger partial charge in [-0.3, -0.25) is 4.79 Å². The van der Waals surface area contributed by atoms with Gasteiger partial charge in [-0.15, -0.1) is 0 Å². The van der Waals surface area contributed by atoms with Gasteiger partial charge in [0.25, 0.3) is 0 Å². The van der Waals surface area contributed by atoms with Crippen molar-refractivity contribution in [3.05, 3.63) is 0 Å². The molecule has 13 heavy (non-hydrogen) atoms.